The largest absolute Gasteiger partial charge is 0.496 e. The van der Waals surface area contributed by atoms with Crippen molar-refractivity contribution in [3.8, 4) is 5.75 Å². The molecule has 1 spiro atoms. The Hall–Kier alpha value is -3.10. The number of urea groups is 1. The first-order chi connectivity index (χ1) is 14.4. The van der Waals surface area contributed by atoms with Crippen LogP contribution in [0.3, 0.4) is 0 Å². The molecule has 162 valence electrons. The summed E-state index contributed by atoms with van der Waals surface area (Å²) in [6.07, 6.45) is 3.27. The summed E-state index contributed by atoms with van der Waals surface area (Å²) in [6.45, 7) is 1.14. The number of hydrogen-bond acceptors (Lipinski definition) is 6. The van der Waals surface area contributed by atoms with Gasteiger partial charge in [-0.3, -0.25) is 19.3 Å². The Morgan fingerprint density at radius 3 is 2.77 bits per heavy atom. The van der Waals surface area contributed by atoms with Crippen molar-refractivity contribution in [2.24, 2.45) is 5.92 Å². The minimum atomic E-state index is -0.929. The summed E-state index contributed by atoms with van der Waals surface area (Å²) in [6, 6.07) is 6.64. The number of ether oxygens (including phenoxy) is 2. The van der Waals surface area contributed by atoms with Crippen LogP contribution in [0.1, 0.15) is 38.2 Å². The maximum atomic E-state index is 12.8. The highest BCUT2D eigenvalue weighted by molar-refractivity contribution is 6.09. The summed E-state index contributed by atoms with van der Waals surface area (Å²) in [5.41, 5.74) is -0.146. The van der Waals surface area contributed by atoms with Crippen molar-refractivity contribution in [3.05, 3.63) is 29.8 Å². The molecular weight excluding hydrogens is 390 g/mol. The molecule has 1 aromatic carbocycles. The van der Waals surface area contributed by atoms with Crippen molar-refractivity contribution >= 4 is 23.8 Å². The summed E-state index contributed by atoms with van der Waals surface area (Å²) < 4.78 is 10.2. The zero-order chi connectivity index (χ0) is 21.7. The van der Waals surface area contributed by atoms with E-state index < -0.39 is 42.5 Å². The lowest BCUT2D eigenvalue weighted by atomic mass is 9.73. The number of nitrogens with one attached hydrogen (secondary N) is 2. The fourth-order valence-corrected chi connectivity index (χ4v) is 4.05. The molecule has 0 unspecified atom stereocenters. The zero-order valence-corrected chi connectivity index (χ0v) is 17.2. The van der Waals surface area contributed by atoms with Gasteiger partial charge in [-0.25, -0.2) is 4.79 Å². The van der Waals surface area contributed by atoms with Gasteiger partial charge >= 0.3 is 12.0 Å². The van der Waals surface area contributed by atoms with Crippen LogP contribution in [0.2, 0.25) is 0 Å². The van der Waals surface area contributed by atoms with Crippen molar-refractivity contribution < 1.29 is 28.7 Å². The van der Waals surface area contributed by atoms with Gasteiger partial charge in [0.15, 0.2) is 6.61 Å². The van der Waals surface area contributed by atoms with Crippen molar-refractivity contribution in [1.29, 1.82) is 0 Å². The van der Waals surface area contributed by atoms with Gasteiger partial charge < -0.3 is 20.1 Å². The zero-order valence-electron chi connectivity index (χ0n) is 17.2. The topological polar surface area (TPSA) is 114 Å². The van der Waals surface area contributed by atoms with Crippen LogP contribution in [0.4, 0.5) is 4.79 Å². The van der Waals surface area contributed by atoms with Gasteiger partial charge in [-0.2, -0.15) is 0 Å². The Bertz CT molecular complexity index is 842. The second-order valence-corrected chi connectivity index (χ2v) is 7.69. The number of hydrogen-bond donors (Lipinski definition) is 2. The van der Waals surface area contributed by atoms with Gasteiger partial charge in [-0.05, 0) is 24.8 Å². The average molecular weight is 417 g/mol. The lowest BCUT2D eigenvalue weighted by Crippen LogP contribution is -2.54. The van der Waals surface area contributed by atoms with Crippen molar-refractivity contribution in [2.45, 2.75) is 44.7 Å². The van der Waals surface area contributed by atoms with Crippen LogP contribution in [0.5, 0.6) is 5.75 Å². The van der Waals surface area contributed by atoms with Crippen LogP contribution in [-0.4, -0.2) is 54.5 Å². The molecule has 1 aliphatic carbocycles. The highest BCUT2D eigenvalue weighted by Gasteiger charge is 2.55. The van der Waals surface area contributed by atoms with Crippen LogP contribution < -0.4 is 15.4 Å². The molecule has 1 heterocycles. The predicted octanol–water partition coefficient (Wildman–Crippen LogP) is 1.36. The lowest BCUT2D eigenvalue weighted by Gasteiger charge is -2.36. The summed E-state index contributed by atoms with van der Waals surface area (Å²) in [5.74, 6) is -1.06. The van der Waals surface area contributed by atoms with Gasteiger partial charge in [0, 0.05) is 12.1 Å². The van der Waals surface area contributed by atoms with Gasteiger partial charge in [0.1, 0.15) is 17.8 Å². The van der Waals surface area contributed by atoms with E-state index >= 15 is 0 Å². The van der Waals surface area contributed by atoms with E-state index in [0.717, 1.165) is 29.7 Å². The normalized spacial score (nSPS) is 23.3. The van der Waals surface area contributed by atoms with E-state index in [9.17, 15) is 19.2 Å². The van der Waals surface area contributed by atoms with Gasteiger partial charge in [0.25, 0.3) is 11.8 Å². The number of amides is 4. The third kappa shape index (κ3) is 4.39. The fourth-order valence-electron chi connectivity index (χ4n) is 4.05. The first-order valence-electron chi connectivity index (χ1n) is 10.1. The third-order valence-electron chi connectivity index (χ3n) is 5.82. The van der Waals surface area contributed by atoms with Crippen molar-refractivity contribution in [2.75, 3.05) is 20.3 Å². The van der Waals surface area contributed by atoms with Crippen LogP contribution >= 0.6 is 0 Å². The molecule has 2 aliphatic rings. The quantitative estimate of drug-likeness (QED) is 0.511. The molecule has 0 aromatic heterocycles. The van der Waals surface area contributed by atoms with Crippen LogP contribution in [0.15, 0.2) is 24.3 Å². The molecule has 1 aliphatic heterocycles. The molecule has 2 atom stereocenters. The standard InChI is InChI=1S/C21H27N3O6/c1-14-7-5-6-10-21(14)19(27)24(20(28)23-21)12-18(26)30-13-17(25)22-11-15-8-3-4-9-16(15)29-2/h3-4,8-9,14H,5-7,10-13H2,1-2H3,(H,22,25)(H,23,28)/t14-,21-/m1/s1. The molecular formula is C21H27N3O6. The summed E-state index contributed by atoms with van der Waals surface area (Å²) in [7, 11) is 1.54. The first kappa shape index (κ1) is 21.6. The molecule has 9 heteroatoms. The van der Waals surface area contributed by atoms with E-state index in [1.807, 2.05) is 25.1 Å². The highest BCUT2D eigenvalue weighted by Crippen LogP contribution is 2.38. The molecule has 0 radical (unpaired) electrons. The number of imide groups is 1. The molecule has 2 N–H and O–H groups in total. The first-order valence-corrected chi connectivity index (χ1v) is 10.1. The van der Waals surface area contributed by atoms with Gasteiger partial charge in [0.05, 0.1) is 7.11 Å². The molecule has 4 amide bonds. The van der Waals surface area contributed by atoms with E-state index in [1.165, 1.54) is 7.11 Å². The monoisotopic (exact) mass is 417 g/mol. The van der Waals surface area contributed by atoms with E-state index in [0.29, 0.717) is 12.2 Å². The number of benzene rings is 1. The van der Waals surface area contributed by atoms with Crippen LogP contribution in [-0.2, 0) is 25.7 Å². The molecule has 1 saturated heterocycles. The van der Waals surface area contributed by atoms with Gasteiger partial charge in [-0.1, -0.05) is 38.0 Å². The number of esters is 1. The molecule has 3 rings (SSSR count). The van der Waals surface area contributed by atoms with E-state index in [1.54, 1.807) is 6.07 Å². The predicted molar refractivity (Wildman–Crippen MR) is 106 cm³/mol. The molecule has 1 saturated carbocycles. The van der Waals surface area contributed by atoms with Gasteiger partial charge in [-0.15, -0.1) is 0 Å². The summed E-state index contributed by atoms with van der Waals surface area (Å²) in [5, 5.41) is 5.41. The number of carbonyl (C=O) groups is 4. The number of methoxy groups -OCH3 is 1. The Morgan fingerprint density at radius 1 is 1.27 bits per heavy atom. The minimum Gasteiger partial charge on any atom is -0.496 e. The minimum absolute atomic E-state index is 0.00414. The van der Waals surface area contributed by atoms with E-state index in [2.05, 4.69) is 10.6 Å². The Balaban J connectivity index is 1.48. The number of rotatable bonds is 7. The SMILES string of the molecule is COc1ccccc1CNC(=O)COC(=O)CN1C(=O)N[C@@]2(CCCC[C@H]2C)C1=O. The van der Waals surface area contributed by atoms with Crippen molar-refractivity contribution in [3.63, 3.8) is 0 Å². The van der Waals surface area contributed by atoms with E-state index in [-0.39, 0.29) is 12.5 Å². The second kappa shape index (κ2) is 9.15. The summed E-state index contributed by atoms with van der Waals surface area (Å²) >= 11 is 0. The fraction of sp³-hybridized carbons (Fsp3) is 0.524. The molecule has 9 nitrogen and oxygen atoms in total. The van der Waals surface area contributed by atoms with E-state index in [4.69, 9.17) is 9.47 Å². The lowest BCUT2D eigenvalue weighted by molar-refractivity contribution is -0.151. The maximum absolute atomic E-state index is 12.8. The molecule has 2 fully saturated rings. The van der Waals surface area contributed by atoms with Crippen molar-refractivity contribution in [1.82, 2.24) is 15.5 Å². The van der Waals surface area contributed by atoms with Crippen LogP contribution in [0.25, 0.3) is 0 Å². The molecule has 30 heavy (non-hydrogen) atoms. The molecule has 1 aromatic rings. The Kier molecular flexibility index (Phi) is 6.59. The smallest absolute Gasteiger partial charge is 0.326 e. The highest BCUT2D eigenvalue weighted by atomic mass is 16.5. The van der Waals surface area contributed by atoms with Crippen LogP contribution in [0, 0.1) is 5.92 Å². The summed E-state index contributed by atoms with van der Waals surface area (Å²) in [4.78, 5) is 50.1. The second-order valence-electron chi connectivity index (χ2n) is 7.69. The number of carbonyl (C=O) groups excluding carboxylic acids is 4. The number of nitrogens with zero attached hydrogens (tertiary/aromatic N) is 1. The molecule has 0 bridgehead atoms. The maximum Gasteiger partial charge on any atom is 0.326 e. The van der Waals surface area contributed by atoms with Gasteiger partial charge in [0.2, 0.25) is 0 Å². The average Bonchev–Trinajstić information content (AvgIpc) is 2.98. The number of para-hydroxylation sites is 1. The Labute approximate surface area is 175 Å². The third-order valence-corrected chi connectivity index (χ3v) is 5.82. The Morgan fingerprint density at radius 2 is 2.03 bits per heavy atom.